The standard InChI is InChI=1S/C15H25NS/c1-5-6-11-9-13(11)16-10-12-7-8-14(17-12)15(2,3)4/h7-8,11,13,16H,5-6,9-10H2,1-4H3. The molecule has 1 aromatic heterocycles. The molecule has 1 heterocycles. The van der Waals surface area contributed by atoms with E-state index >= 15 is 0 Å². The lowest BCUT2D eigenvalue weighted by atomic mass is 9.95. The van der Waals surface area contributed by atoms with Crippen LogP contribution in [0.4, 0.5) is 0 Å². The maximum absolute atomic E-state index is 3.68. The van der Waals surface area contributed by atoms with Crippen LogP contribution in [0.1, 0.15) is 56.7 Å². The number of nitrogens with one attached hydrogen (secondary N) is 1. The first-order valence-corrected chi connectivity index (χ1v) is 7.65. The second-order valence-corrected chi connectivity index (χ2v) is 7.46. The summed E-state index contributed by atoms with van der Waals surface area (Å²) in [5.74, 6) is 0.960. The van der Waals surface area contributed by atoms with Crippen LogP contribution in [0.5, 0.6) is 0 Å². The van der Waals surface area contributed by atoms with E-state index in [0.29, 0.717) is 5.41 Å². The molecule has 0 spiro atoms. The number of thiophene rings is 1. The van der Waals surface area contributed by atoms with Crippen molar-refractivity contribution in [2.45, 2.75) is 65.0 Å². The molecule has 1 saturated carbocycles. The summed E-state index contributed by atoms with van der Waals surface area (Å²) in [6.07, 6.45) is 4.12. The monoisotopic (exact) mass is 251 g/mol. The molecule has 1 nitrogen and oxygen atoms in total. The van der Waals surface area contributed by atoms with Crippen molar-refractivity contribution in [2.24, 2.45) is 5.92 Å². The van der Waals surface area contributed by atoms with Gasteiger partial charge in [0.1, 0.15) is 0 Å². The molecule has 1 aromatic rings. The zero-order valence-electron chi connectivity index (χ0n) is 11.5. The Labute approximate surface area is 110 Å². The van der Waals surface area contributed by atoms with Gasteiger partial charge in [-0.1, -0.05) is 34.1 Å². The van der Waals surface area contributed by atoms with Crippen LogP contribution in [-0.2, 0) is 12.0 Å². The second-order valence-electron chi connectivity index (χ2n) is 6.29. The Hall–Kier alpha value is -0.340. The lowest BCUT2D eigenvalue weighted by Gasteiger charge is -2.15. The van der Waals surface area contributed by atoms with Gasteiger partial charge in [0.2, 0.25) is 0 Å². The van der Waals surface area contributed by atoms with Gasteiger partial charge in [0.05, 0.1) is 0 Å². The van der Waals surface area contributed by atoms with Crippen molar-refractivity contribution in [3.63, 3.8) is 0 Å². The van der Waals surface area contributed by atoms with Gasteiger partial charge >= 0.3 is 0 Å². The topological polar surface area (TPSA) is 12.0 Å². The van der Waals surface area contributed by atoms with Gasteiger partial charge in [0.25, 0.3) is 0 Å². The molecule has 2 unspecified atom stereocenters. The summed E-state index contributed by atoms with van der Waals surface area (Å²) in [4.78, 5) is 2.98. The first-order chi connectivity index (χ1) is 8.00. The Bertz CT molecular complexity index is 361. The van der Waals surface area contributed by atoms with Crippen molar-refractivity contribution in [2.75, 3.05) is 0 Å². The van der Waals surface area contributed by atoms with Crippen molar-refractivity contribution in [1.82, 2.24) is 5.32 Å². The Morgan fingerprint density at radius 3 is 2.71 bits per heavy atom. The molecule has 0 amide bonds. The molecule has 0 radical (unpaired) electrons. The first kappa shape index (κ1) is 13.1. The van der Waals surface area contributed by atoms with E-state index in [0.717, 1.165) is 18.5 Å². The summed E-state index contributed by atoms with van der Waals surface area (Å²) in [5, 5.41) is 3.68. The molecule has 0 aliphatic heterocycles. The maximum Gasteiger partial charge on any atom is 0.0302 e. The third-order valence-electron chi connectivity index (χ3n) is 3.52. The zero-order chi connectivity index (χ0) is 12.5. The zero-order valence-corrected chi connectivity index (χ0v) is 12.4. The fourth-order valence-corrected chi connectivity index (χ4v) is 3.31. The Kier molecular flexibility index (Phi) is 3.94. The van der Waals surface area contributed by atoms with E-state index in [4.69, 9.17) is 0 Å². The molecule has 0 aromatic carbocycles. The van der Waals surface area contributed by atoms with Gasteiger partial charge in [0.15, 0.2) is 0 Å². The molecule has 0 saturated heterocycles. The normalized spacial score (nSPS) is 24.0. The predicted molar refractivity (Wildman–Crippen MR) is 76.7 cm³/mol. The van der Waals surface area contributed by atoms with E-state index in [1.807, 2.05) is 11.3 Å². The Balaban J connectivity index is 1.79. The highest BCUT2D eigenvalue weighted by molar-refractivity contribution is 7.12. The molecule has 1 N–H and O–H groups in total. The smallest absolute Gasteiger partial charge is 0.0302 e. The molecule has 1 aliphatic carbocycles. The molecule has 17 heavy (non-hydrogen) atoms. The summed E-state index contributed by atoms with van der Waals surface area (Å²) in [7, 11) is 0. The molecule has 2 rings (SSSR count). The molecule has 96 valence electrons. The summed E-state index contributed by atoms with van der Waals surface area (Å²) in [6.45, 7) is 10.2. The van der Waals surface area contributed by atoms with E-state index in [2.05, 4.69) is 45.1 Å². The van der Waals surface area contributed by atoms with Crippen LogP contribution in [0.2, 0.25) is 0 Å². The van der Waals surface area contributed by atoms with Crippen LogP contribution in [0.15, 0.2) is 12.1 Å². The lowest BCUT2D eigenvalue weighted by Crippen LogP contribution is -2.16. The Morgan fingerprint density at radius 1 is 1.35 bits per heavy atom. The fourth-order valence-electron chi connectivity index (χ4n) is 2.30. The van der Waals surface area contributed by atoms with Crippen LogP contribution in [0.25, 0.3) is 0 Å². The van der Waals surface area contributed by atoms with E-state index in [9.17, 15) is 0 Å². The van der Waals surface area contributed by atoms with Crippen molar-refractivity contribution in [1.29, 1.82) is 0 Å². The van der Waals surface area contributed by atoms with Gasteiger partial charge < -0.3 is 5.32 Å². The fraction of sp³-hybridized carbons (Fsp3) is 0.733. The minimum Gasteiger partial charge on any atom is -0.309 e. The van der Waals surface area contributed by atoms with Gasteiger partial charge in [-0.05, 0) is 36.3 Å². The third kappa shape index (κ3) is 3.56. The van der Waals surface area contributed by atoms with Crippen molar-refractivity contribution >= 4 is 11.3 Å². The van der Waals surface area contributed by atoms with E-state index < -0.39 is 0 Å². The quantitative estimate of drug-likeness (QED) is 0.821. The van der Waals surface area contributed by atoms with Crippen LogP contribution < -0.4 is 5.32 Å². The molecular formula is C15H25NS. The van der Waals surface area contributed by atoms with Crippen LogP contribution >= 0.6 is 11.3 Å². The lowest BCUT2D eigenvalue weighted by molar-refractivity contribution is 0.602. The van der Waals surface area contributed by atoms with E-state index in [1.54, 1.807) is 0 Å². The predicted octanol–water partition coefficient (Wildman–Crippen LogP) is 4.32. The largest absolute Gasteiger partial charge is 0.309 e. The van der Waals surface area contributed by atoms with E-state index in [1.165, 1.54) is 29.0 Å². The maximum atomic E-state index is 3.68. The minimum atomic E-state index is 0.299. The van der Waals surface area contributed by atoms with Gasteiger partial charge in [-0.2, -0.15) is 0 Å². The van der Waals surface area contributed by atoms with Crippen molar-refractivity contribution in [3.05, 3.63) is 21.9 Å². The Morgan fingerprint density at radius 2 is 2.12 bits per heavy atom. The van der Waals surface area contributed by atoms with Gasteiger partial charge in [-0.3, -0.25) is 0 Å². The average molecular weight is 251 g/mol. The summed E-state index contributed by atoms with van der Waals surface area (Å²) >= 11 is 1.96. The molecular weight excluding hydrogens is 226 g/mol. The average Bonchev–Trinajstić information content (AvgIpc) is 2.78. The SMILES string of the molecule is CCCC1CC1NCc1ccc(C(C)(C)C)s1. The van der Waals surface area contributed by atoms with Gasteiger partial charge in [-0.25, -0.2) is 0 Å². The summed E-state index contributed by atoms with van der Waals surface area (Å²) in [5.41, 5.74) is 0.299. The van der Waals surface area contributed by atoms with Crippen LogP contribution in [0.3, 0.4) is 0 Å². The number of rotatable bonds is 5. The van der Waals surface area contributed by atoms with Crippen molar-refractivity contribution < 1.29 is 0 Å². The van der Waals surface area contributed by atoms with Gasteiger partial charge in [-0.15, -0.1) is 11.3 Å². The molecule has 0 bridgehead atoms. The van der Waals surface area contributed by atoms with Crippen molar-refractivity contribution in [3.8, 4) is 0 Å². The van der Waals surface area contributed by atoms with E-state index in [-0.39, 0.29) is 0 Å². The minimum absolute atomic E-state index is 0.299. The third-order valence-corrected chi connectivity index (χ3v) is 5.03. The first-order valence-electron chi connectivity index (χ1n) is 6.83. The molecule has 2 atom stereocenters. The van der Waals surface area contributed by atoms with Crippen LogP contribution in [-0.4, -0.2) is 6.04 Å². The van der Waals surface area contributed by atoms with Gasteiger partial charge in [0, 0.05) is 22.3 Å². The second kappa shape index (κ2) is 5.11. The summed E-state index contributed by atoms with van der Waals surface area (Å²) in [6, 6.07) is 5.38. The molecule has 1 aliphatic rings. The number of hydrogen-bond donors (Lipinski definition) is 1. The highest BCUT2D eigenvalue weighted by Crippen LogP contribution is 2.35. The highest BCUT2D eigenvalue weighted by Gasteiger charge is 2.35. The van der Waals surface area contributed by atoms with Crippen LogP contribution in [0, 0.1) is 5.92 Å². The molecule has 2 heteroatoms. The number of hydrogen-bond acceptors (Lipinski definition) is 2. The summed E-state index contributed by atoms with van der Waals surface area (Å²) < 4.78 is 0. The highest BCUT2D eigenvalue weighted by atomic mass is 32.1. The molecule has 1 fully saturated rings.